The first-order valence-corrected chi connectivity index (χ1v) is 22.1. The van der Waals surface area contributed by atoms with Crippen LogP contribution in [0.5, 0.6) is 0 Å². The summed E-state index contributed by atoms with van der Waals surface area (Å²) in [6, 6.07) is 58.8. The molecule has 0 spiro atoms. The Morgan fingerprint density at radius 1 is 0.483 bits per heavy atom. The van der Waals surface area contributed by atoms with E-state index in [0.29, 0.717) is 23.7 Å². The average Bonchev–Trinajstić information content (AvgIpc) is 3.99. The van der Waals surface area contributed by atoms with Crippen LogP contribution in [0.1, 0.15) is 114 Å². The Bertz CT molecular complexity index is 2400. The van der Waals surface area contributed by atoms with E-state index in [1.165, 1.54) is 100 Å². The summed E-state index contributed by atoms with van der Waals surface area (Å²) < 4.78 is 0. The van der Waals surface area contributed by atoms with E-state index in [-0.39, 0.29) is 25.8 Å². The molecule has 2 heteroatoms. The molecule has 0 saturated heterocycles. The molecule has 0 N–H and O–H groups in total. The summed E-state index contributed by atoms with van der Waals surface area (Å²) in [5.41, 5.74) is 14.1. The number of hydrogen-bond acceptors (Lipinski definition) is 0. The maximum absolute atomic E-state index is 3.31. The molecular weight excluding hydrogens is 879 g/mol. The van der Waals surface area contributed by atoms with Gasteiger partial charge in [0.05, 0.1) is 9.52 Å². The molecule has 0 aliphatic carbocycles. The van der Waals surface area contributed by atoms with Crippen molar-refractivity contribution in [3.63, 3.8) is 0 Å². The fourth-order valence-corrected chi connectivity index (χ4v) is 9.47. The van der Waals surface area contributed by atoms with Gasteiger partial charge in [-0.1, -0.05) is 162 Å². The molecule has 8 aromatic carbocycles. The van der Waals surface area contributed by atoms with Crippen LogP contribution in [0.25, 0.3) is 54.9 Å². The Morgan fingerprint density at radius 3 is 1.40 bits per heavy atom. The molecule has 0 fully saturated rings. The van der Waals surface area contributed by atoms with Crippen molar-refractivity contribution in [3.8, 4) is 33.4 Å². The Hall–Kier alpha value is -4.37. The molecule has 0 amide bonds. The molecule has 8 aromatic rings. The topological polar surface area (TPSA) is 0 Å². The predicted octanol–water partition coefficient (Wildman–Crippen LogP) is 14.8. The van der Waals surface area contributed by atoms with Crippen molar-refractivity contribution in [2.75, 3.05) is 0 Å². The van der Waals surface area contributed by atoms with Crippen LogP contribution in [0.15, 0.2) is 152 Å². The van der Waals surface area contributed by atoms with Gasteiger partial charge in [0.15, 0.2) is 0 Å². The largest absolute Gasteiger partial charge is 0.184 e. The average molecular weight is 937 g/mol. The van der Waals surface area contributed by atoms with Gasteiger partial charge >= 0.3 is 0 Å². The zero-order valence-electron chi connectivity index (χ0n) is 35.7. The zero-order chi connectivity index (χ0) is 40.1. The van der Waals surface area contributed by atoms with Crippen molar-refractivity contribution < 1.29 is 25.8 Å². The molecule has 1 aliphatic rings. The van der Waals surface area contributed by atoms with Gasteiger partial charge in [0.1, 0.15) is 0 Å². The minimum atomic E-state index is 0. The first-order chi connectivity index (χ1) is 27.7. The van der Waals surface area contributed by atoms with Gasteiger partial charge in [-0.05, 0) is 58.8 Å². The van der Waals surface area contributed by atoms with Gasteiger partial charge in [0, 0.05) is 25.8 Å². The van der Waals surface area contributed by atoms with Crippen molar-refractivity contribution in [1.29, 1.82) is 0 Å². The van der Waals surface area contributed by atoms with Crippen molar-refractivity contribution in [2.45, 2.75) is 91.9 Å². The van der Waals surface area contributed by atoms with Gasteiger partial charge < -0.3 is 0 Å². The van der Waals surface area contributed by atoms with Crippen molar-refractivity contribution in [1.82, 2.24) is 0 Å². The number of fused-ring (bicyclic) bond motifs is 5. The third kappa shape index (κ3) is 9.25. The van der Waals surface area contributed by atoms with Gasteiger partial charge in [0.25, 0.3) is 0 Å². The summed E-state index contributed by atoms with van der Waals surface area (Å²) in [6.45, 7) is 18.2. The summed E-state index contributed by atoms with van der Waals surface area (Å²) in [4.78, 5) is 0. The molecule has 2 unspecified atom stereocenters. The summed E-state index contributed by atoms with van der Waals surface area (Å²) >= 11 is 0. The van der Waals surface area contributed by atoms with E-state index in [1.54, 1.807) is 0 Å². The normalized spacial score (nSPS) is 12.6. The number of rotatable bonds is 8. The first kappa shape index (κ1) is 43.2. The van der Waals surface area contributed by atoms with E-state index in [2.05, 4.69) is 207 Å². The molecule has 292 valence electrons. The van der Waals surface area contributed by atoms with E-state index in [9.17, 15) is 0 Å². The van der Waals surface area contributed by atoms with Crippen LogP contribution in [0.3, 0.4) is 0 Å². The molecule has 1 aliphatic heterocycles. The summed E-state index contributed by atoms with van der Waals surface area (Å²) in [6.07, 6.45) is 2.34. The molecule has 0 nitrogen and oxygen atoms in total. The van der Waals surface area contributed by atoms with Crippen LogP contribution in [0.2, 0.25) is 0 Å². The number of hydrogen-bond donors (Lipinski definition) is 0. The van der Waals surface area contributed by atoms with Gasteiger partial charge in [-0.25, -0.2) is 0 Å². The predicted molar refractivity (Wildman–Crippen MR) is 251 cm³/mol. The fraction of sp³-hybridized carbons (Fsp3) is 0.250. The third-order valence-corrected chi connectivity index (χ3v) is 13.4. The van der Waals surface area contributed by atoms with E-state index in [4.69, 9.17) is 0 Å². The molecule has 9 rings (SSSR count). The Balaban J connectivity index is 0.000000150. The Morgan fingerprint density at radius 2 is 0.914 bits per heavy atom. The van der Waals surface area contributed by atoms with Crippen LogP contribution in [-0.4, -0.2) is 9.52 Å². The first-order valence-electron chi connectivity index (χ1n) is 21.1. The standard InChI is InChI=1S/2C22H25.C12H7Si.Hf/c2*1-5-16(4)19-10-6-7-11-20(19)21-12-8-9-17-13-18(15(2)3)14-22(17)21;1-3-7-11-9(5-1)10-6-2-4-8-12(10)13-11;/h2*6-16H,5H2,1-4H3;1-7H;/q3*-1;. The van der Waals surface area contributed by atoms with Gasteiger partial charge in [-0.2, -0.15) is 41.6 Å². The molecule has 2 radical (unpaired) electrons. The maximum Gasteiger partial charge on any atom is 0.0920 e. The summed E-state index contributed by atoms with van der Waals surface area (Å²) in [7, 11) is 0.795. The zero-order valence-corrected chi connectivity index (χ0v) is 40.3. The van der Waals surface area contributed by atoms with E-state index < -0.39 is 0 Å². The third-order valence-electron chi connectivity index (χ3n) is 12.0. The summed E-state index contributed by atoms with van der Waals surface area (Å²) in [5, 5.41) is 8.33. The molecule has 58 heavy (non-hydrogen) atoms. The van der Waals surface area contributed by atoms with E-state index in [0.717, 1.165) is 9.52 Å². The van der Waals surface area contributed by atoms with Crippen LogP contribution in [0.4, 0.5) is 0 Å². The van der Waals surface area contributed by atoms with E-state index >= 15 is 0 Å². The second kappa shape index (κ2) is 19.6. The van der Waals surface area contributed by atoms with Crippen molar-refractivity contribution in [2.24, 2.45) is 0 Å². The molecule has 1 heterocycles. The quantitative estimate of drug-likeness (QED) is 0.105. The molecule has 0 bridgehead atoms. The fourth-order valence-electron chi connectivity index (χ4n) is 8.16. The minimum Gasteiger partial charge on any atom is -0.184 e. The molecule has 0 saturated carbocycles. The molecular formula is C56H57HfSi-3. The van der Waals surface area contributed by atoms with E-state index in [1.807, 2.05) is 6.07 Å². The maximum atomic E-state index is 3.31. The molecule has 2 atom stereocenters. The Labute approximate surface area is 370 Å². The second-order valence-electron chi connectivity index (χ2n) is 16.4. The van der Waals surface area contributed by atoms with Gasteiger partial charge in [0.2, 0.25) is 0 Å². The SMILES string of the molecule is CCC(C)c1ccccc1-c1cccc2[cH-]c(C(C)C)cc12.CCC(C)c1ccccc1-c1cccc2[cH-]c(C(C)C)cc12.[Hf].[c-]1cccc2c1[Si]c1ccccc1-2. The van der Waals surface area contributed by atoms with Crippen LogP contribution in [0, 0.1) is 6.07 Å². The van der Waals surface area contributed by atoms with Crippen molar-refractivity contribution in [3.05, 3.63) is 180 Å². The van der Waals surface area contributed by atoms with Crippen LogP contribution >= 0.6 is 0 Å². The van der Waals surface area contributed by atoms with Gasteiger partial charge in [-0.3, -0.25) is 0 Å². The molecule has 0 aromatic heterocycles. The second-order valence-corrected chi connectivity index (χ2v) is 17.7. The van der Waals surface area contributed by atoms with Gasteiger partial charge in [-0.15, -0.1) is 74.6 Å². The minimum absolute atomic E-state index is 0. The van der Waals surface area contributed by atoms with Crippen molar-refractivity contribution >= 4 is 41.4 Å². The Kier molecular flexibility index (Phi) is 14.6. The smallest absolute Gasteiger partial charge is 0.0920 e. The van der Waals surface area contributed by atoms with Crippen LogP contribution < -0.4 is 10.4 Å². The number of benzene rings is 6. The van der Waals surface area contributed by atoms with Crippen LogP contribution in [-0.2, 0) is 25.8 Å². The summed E-state index contributed by atoms with van der Waals surface area (Å²) in [5.74, 6) is 2.33. The monoisotopic (exact) mass is 937 g/mol.